The highest BCUT2D eigenvalue weighted by Crippen LogP contribution is 2.31. The maximum absolute atomic E-state index is 12.6. The fourth-order valence-electron chi connectivity index (χ4n) is 3.44. The molecule has 3 aromatic heterocycles. The molecule has 0 saturated carbocycles. The number of piperidine rings is 1. The van der Waals surface area contributed by atoms with Crippen molar-refractivity contribution in [2.24, 2.45) is 0 Å². The second-order valence-electron chi connectivity index (χ2n) is 6.35. The van der Waals surface area contributed by atoms with Gasteiger partial charge in [-0.1, -0.05) is 0 Å². The van der Waals surface area contributed by atoms with Gasteiger partial charge in [-0.05, 0) is 41.3 Å². The third kappa shape index (κ3) is 3.24. The van der Waals surface area contributed by atoms with Crippen molar-refractivity contribution < 1.29 is 9.53 Å². The van der Waals surface area contributed by atoms with Crippen molar-refractivity contribution in [1.82, 2.24) is 20.1 Å². The van der Waals surface area contributed by atoms with Crippen LogP contribution in [0.2, 0.25) is 0 Å². The number of rotatable bonds is 4. The number of thiophene rings is 1. The predicted octanol–water partition coefficient (Wildman–Crippen LogP) is 2.98. The van der Waals surface area contributed by atoms with Gasteiger partial charge in [-0.25, -0.2) is 0 Å². The molecule has 3 aromatic rings. The molecule has 25 heavy (non-hydrogen) atoms. The van der Waals surface area contributed by atoms with Crippen LogP contribution >= 0.6 is 11.3 Å². The highest BCUT2D eigenvalue weighted by molar-refractivity contribution is 7.08. The molecule has 1 aliphatic heterocycles. The summed E-state index contributed by atoms with van der Waals surface area (Å²) in [6, 6.07) is 5.86. The lowest BCUT2D eigenvalue weighted by Crippen LogP contribution is -2.40. The number of amides is 1. The van der Waals surface area contributed by atoms with Crippen molar-refractivity contribution in [3.8, 4) is 5.88 Å². The number of ether oxygens (including phenoxy) is 1. The number of aromatic nitrogens is 3. The molecule has 130 valence electrons. The number of nitrogens with one attached hydrogen (secondary N) is 1. The van der Waals surface area contributed by atoms with E-state index in [2.05, 4.69) is 15.2 Å². The van der Waals surface area contributed by atoms with E-state index in [9.17, 15) is 4.79 Å². The topological polar surface area (TPSA) is 71.1 Å². The highest BCUT2D eigenvalue weighted by atomic mass is 32.1. The first-order valence-electron chi connectivity index (χ1n) is 8.42. The van der Waals surface area contributed by atoms with Crippen molar-refractivity contribution in [2.45, 2.75) is 25.2 Å². The Morgan fingerprint density at radius 3 is 3.16 bits per heavy atom. The van der Waals surface area contributed by atoms with Crippen LogP contribution in [0.3, 0.4) is 0 Å². The Kier molecular flexibility index (Phi) is 4.40. The number of fused-ring (bicyclic) bond motifs is 1. The Morgan fingerprint density at radius 1 is 1.44 bits per heavy atom. The first-order chi connectivity index (χ1) is 12.2. The van der Waals surface area contributed by atoms with Crippen molar-refractivity contribution >= 4 is 28.3 Å². The Morgan fingerprint density at radius 2 is 2.36 bits per heavy atom. The Hall–Kier alpha value is -2.41. The standard InChI is InChI=1S/C18H20N4O2S/c1-24-15-5-4-14-17(20-21-18(14)19-15)13-3-2-7-22(10-13)16(23)9-12-6-8-25-11-12/h4-6,8,11,13H,2-3,7,9-10H2,1H3,(H,19,20,21). The molecule has 0 radical (unpaired) electrons. The first-order valence-corrected chi connectivity index (χ1v) is 9.36. The minimum Gasteiger partial charge on any atom is -0.481 e. The van der Waals surface area contributed by atoms with E-state index in [1.807, 2.05) is 33.9 Å². The molecule has 6 nitrogen and oxygen atoms in total. The number of pyridine rings is 1. The molecule has 4 rings (SSSR count). The fraction of sp³-hybridized carbons (Fsp3) is 0.389. The number of aromatic amines is 1. The van der Waals surface area contributed by atoms with Crippen LogP contribution in [0.5, 0.6) is 5.88 Å². The van der Waals surface area contributed by atoms with Gasteiger partial charge in [0, 0.05) is 36.2 Å². The summed E-state index contributed by atoms with van der Waals surface area (Å²) >= 11 is 1.63. The van der Waals surface area contributed by atoms with Crippen LogP contribution < -0.4 is 4.74 Å². The molecule has 1 N–H and O–H groups in total. The summed E-state index contributed by atoms with van der Waals surface area (Å²) in [7, 11) is 1.60. The number of hydrogen-bond acceptors (Lipinski definition) is 5. The monoisotopic (exact) mass is 356 g/mol. The lowest BCUT2D eigenvalue weighted by atomic mass is 9.93. The molecule has 7 heteroatoms. The van der Waals surface area contributed by atoms with Gasteiger partial charge in [0.05, 0.1) is 13.5 Å². The summed E-state index contributed by atoms with van der Waals surface area (Å²) in [5.74, 6) is 1.02. The minimum atomic E-state index is 0.201. The van der Waals surface area contributed by atoms with Crippen molar-refractivity contribution in [3.63, 3.8) is 0 Å². The third-order valence-electron chi connectivity index (χ3n) is 4.75. The molecule has 1 atom stereocenters. The summed E-state index contributed by atoms with van der Waals surface area (Å²) < 4.78 is 5.16. The van der Waals surface area contributed by atoms with Crippen molar-refractivity contribution in [2.75, 3.05) is 20.2 Å². The number of carbonyl (C=O) groups is 1. The number of hydrogen-bond donors (Lipinski definition) is 1. The van der Waals surface area contributed by atoms with Gasteiger partial charge in [-0.3, -0.25) is 9.89 Å². The van der Waals surface area contributed by atoms with Gasteiger partial charge in [-0.15, -0.1) is 0 Å². The normalized spacial score (nSPS) is 17.8. The molecule has 0 spiro atoms. The van der Waals surface area contributed by atoms with Gasteiger partial charge >= 0.3 is 0 Å². The number of likely N-dealkylation sites (tertiary alicyclic amines) is 1. The van der Waals surface area contributed by atoms with Crippen molar-refractivity contribution in [1.29, 1.82) is 0 Å². The van der Waals surface area contributed by atoms with Crippen LogP contribution in [-0.2, 0) is 11.2 Å². The third-order valence-corrected chi connectivity index (χ3v) is 5.48. The number of nitrogens with zero attached hydrogens (tertiary/aromatic N) is 3. The van der Waals surface area contributed by atoms with E-state index in [1.54, 1.807) is 18.4 Å². The molecule has 1 fully saturated rings. The lowest BCUT2D eigenvalue weighted by molar-refractivity contribution is -0.131. The summed E-state index contributed by atoms with van der Waals surface area (Å²) in [4.78, 5) is 19.0. The smallest absolute Gasteiger partial charge is 0.227 e. The second kappa shape index (κ2) is 6.84. The Balaban J connectivity index is 1.52. The first kappa shape index (κ1) is 16.1. The van der Waals surface area contributed by atoms with E-state index in [1.165, 1.54) is 0 Å². The van der Waals surface area contributed by atoms with Crippen molar-refractivity contribution in [3.05, 3.63) is 40.2 Å². The Labute approximate surface area is 149 Å². The molecule has 0 aliphatic carbocycles. The van der Waals surface area contributed by atoms with Crippen LogP contribution in [0.15, 0.2) is 29.0 Å². The number of carbonyl (C=O) groups excluding carboxylic acids is 1. The van der Waals surface area contributed by atoms with E-state index < -0.39 is 0 Å². The van der Waals surface area contributed by atoms with Gasteiger partial charge in [-0.2, -0.15) is 21.4 Å². The SMILES string of the molecule is COc1ccc2c(C3CCCN(C(=O)Cc4ccsc4)C3)[nH]nc2n1. The van der Waals surface area contributed by atoms with E-state index in [0.29, 0.717) is 17.9 Å². The molecule has 1 saturated heterocycles. The van der Waals surface area contributed by atoms with Gasteiger partial charge in [0.2, 0.25) is 11.8 Å². The molecule has 1 amide bonds. The summed E-state index contributed by atoms with van der Waals surface area (Å²) in [6.45, 7) is 1.56. The fourth-order valence-corrected chi connectivity index (χ4v) is 4.11. The summed E-state index contributed by atoms with van der Waals surface area (Å²) in [5.41, 5.74) is 2.83. The van der Waals surface area contributed by atoms with E-state index in [4.69, 9.17) is 4.74 Å². The average Bonchev–Trinajstić information content (AvgIpc) is 3.30. The maximum Gasteiger partial charge on any atom is 0.227 e. The molecule has 0 bridgehead atoms. The number of H-pyrrole nitrogens is 1. The van der Waals surface area contributed by atoms with Gasteiger partial charge < -0.3 is 9.64 Å². The summed E-state index contributed by atoms with van der Waals surface area (Å²) in [5, 5.41) is 12.5. The van der Waals surface area contributed by atoms with Gasteiger partial charge in [0.25, 0.3) is 0 Å². The highest BCUT2D eigenvalue weighted by Gasteiger charge is 2.27. The number of methoxy groups -OCH3 is 1. The van der Waals surface area contributed by atoms with Gasteiger partial charge in [0.15, 0.2) is 5.65 Å². The zero-order valence-corrected chi connectivity index (χ0v) is 14.9. The summed E-state index contributed by atoms with van der Waals surface area (Å²) in [6.07, 6.45) is 2.54. The van der Waals surface area contributed by atoms with E-state index >= 15 is 0 Å². The van der Waals surface area contributed by atoms with Crippen LogP contribution in [-0.4, -0.2) is 46.2 Å². The molecular weight excluding hydrogens is 336 g/mol. The maximum atomic E-state index is 12.6. The quantitative estimate of drug-likeness (QED) is 0.780. The predicted molar refractivity (Wildman–Crippen MR) is 97.0 cm³/mol. The molecule has 1 unspecified atom stereocenters. The van der Waals surface area contributed by atoms with E-state index in [-0.39, 0.29) is 11.8 Å². The molecule has 1 aliphatic rings. The molecule has 4 heterocycles. The van der Waals surface area contributed by atoms with Gasteiger partial charge in [0.1, 0.15) is 0 Å². The van der Waals surface area contributed by atoms with Crippen LogP contribution in [0.1, 0.15) is 30.0 Å². The molecule has 0 aromatic carbocycles. The largest absolute Gasteiger partial charge is 0.481 e. The van der Waals surface area contributed by atoms with E-state index in [0.717, 1.165) is 42.6 Å². The Bertz CT molecular complexity index is 874. The van der Waals surface area contributed by atoms with Crippen LogP contribution in [0.4, 0.5) is 0 Å². The second-order valence-corrected chi connectivity index (χ2v) is 7.13. The average molecular weight is 356 g/mol. The molecular formula is C18H20N4O2S. The zero-order valence-electron chi connectivity index (χ0n) is 14.1. The zero-order chi connectivity index (χ0) is 17.2. The van der Waals surface area contributed by atoms with Crippen LogP contribution in [0.25, 0.3) is 11.0 Å². The van der Waals surface area contributed by atoms with Crippen LogP contribution in [0, 0.1) is 0 Å². The minimum absolute atomic E-state index is 0.201. The lowest BCUT2D eigenvalue weighted by Gasteiger charge is -2.32.